The summed E-state index contributed by atoms with van der Waals surface area (Å²) in [6.45, 7) is 3.40. The molecule has 0 aliphatic rings. The number of carbonyl (C=O) groups excluding carboxylic acids is 4. The first-order valence-corrected chi connectivity index (χ1v) is 12.5. The van der Waals surface area contributed by atoms with Crippen molar-refractivity contribution in [1.29, 1.82) is 0 Å². The minimum absolute atomic E-state index is 0.139. The molecule has 4 atom stereocenters. The third-order valence-electron chi connectivity index (χ3n) is 5.12. The average Bonchev–Trinajstić information content (AvgIpc) is 3.29. The normalized spacial score (nSPS) is 14.4. The van der Waals surface area contributed by atoms with Gasteiger partial charge in [0.15, 0.2) is 0 Å². The summed E-state index contributed by atoms with van der Waals surface area (Å²) in [5, 5.41) is 16.9. The molecule has 0 spiro atoms. The van der Waals surface area contributed by atoms with Gasteiger partial charge in [0.1, 0.15) is 18.1 Å². The molecule has 0 aromatic carbocycles. The molecule has 0 fully saturated rings. The predicted octanol–water partition coefficient (Wildman–Crippen LogP) is -1.51. The third kappa shape index (κ3) is 10.8. The fraction of sp³-hybridized carbons (Fsp3) is 0.619. The Kier molecular flexibility index (Phi) is 12.8. The number of hydrogen-bond acceptors (Lipinski definition) is 8. The zero-order chi connectivity index (χ0) is 26.5. The van der Waals surface area contributed by atoms with E-state index in [0.717, 1.165) is 0 Å². The van der Waals surface area contributed by atoms with Gasteiger partial charge in [-0.25, -0.2) is 9.78 Å². The summed E-state index contributed by atoms with van der Waals surface area (Å²) in [4.78, 5) is 67.9. The lowest BCUT2D eigenvalue weighted by Gasteiger charge is -2.27. The van der Waals surface area contributed by atoms with Crippen LogP contribution in [0.5, 0.6) is 0 Å². The molecule has 13 nitrogen and oxygen atoms in total. The highest BCUT2D eigenvalue weighted by Crippen LogP contribution is 2.08. The van der Waals surface area contributed by atoms with Crippen LogP contribution in [-0.2, 0) is 30.4 Å². The lowest BCUT2D eigenvalue weighted by molar-refractivity contribution is -0.142. The first-order chi connectivity index (χ1) is 16.5. The van der Waals surface area contributed by atoms with E-state index >= 15 is 0 Å². The molecular formula is C21H35N7O6S. The zero-order valence-corrected chi connectivity index (χ0v) is 20.9. The van der Waals surface area contributed by atoms with Gasteiger partial charge in [-0.15, -0.1) is 0 Å². The number of primary amides is 1. The van der Waals surface area contributed by atoms with Crippen LogP contribution in [0, 0.1) is 5.92 Å². The Morgan fingerprint density at radius 2 is 1.71 bits per heavy atom. The van der Waals surface area contributed by atoms with Gasteiger partial charge >= 0.3 is 5.97 Å². The topological polar surface area (TPSA) is 222 Å². The lowest BCUT2D eigenvalue weighted by Crippen LogP contribution is -2.58. The lowest BCUT2D eigenvalue weighted by atomic mass is 10.0. The van der Waals surface area contributed by atoms with E-state index in [-0.39, 0.29) is 31.6 Å². The van der Waals surface area contributed by atoms with Crippen LogP contribution in [0.15, 0.2) is 12.5 Å². The maximum Gasteiger partial charge on any atom is 0.326 e. The molecule has 1 aromatic rings. The number of carbonyl (C=O) groups is 5. The van der Waals surface area contributed by atoms with Gasteiger partial charge in [-0.05, 0) is 30.8 Å². The van der Waals surface area contributed by atoms with E-state index in [1.807, 2.05) is 0 Å². The summed E-state index contributed by atoms with van der Waals surface area (Å²) < 4.78 is 0. The van der Waals surface area contributed by atoms with Crippen LogP contribution in [0.1, 0.15) is 38.8 Å². The second-order valence-corrected chi connectivity index (χ2v) is 9.35. The van der Waals surface area contributed by atoms with Gasteiger partial charge in [0.25, 0.3) is 0 Å². The van der Waals surface area contributed by atoms with E-state index in [9.17, 15) is 29.1 Å². The Hall–Kier alpha value is -3.13. The minimum atomic E-state index is -1.23. The van der Waals surface area contributed by atoms with Crippen molar-refractivity contribution in [2.45, 2.75) is 63.7 Å². The number of nitrogens with zero attached hydrogens (tertiary/aromatic N) is 1. The molecule has 4 amide bonds. The number of nitrogens with two attached hydrogens (primary N) is 2. The zero-order valence-electron chi connectivity index (χ0n) is 20.1. The Morgan fingerprint density at radius 3 is 2.23 bits per heavy atom. The van der Waals surface area contributed by atoms with Gasteiger partial charge in [0, 0.05) is 24.7 Å². The number of H-pyrrole nitrogens is 1. The molecule has 1 aromatic heterocycles. The number of carboxylic acid groups (broad SMARTS) is 1. The standard InChI is InChI=1S/C21H35N7O6S/c1-11(2)17(28-18(30)13(22)8-12-9-24-10-25-12)20(32)26-14(4-5-16(23)29)19(31)27-15(21(33)34)6-7-35-3/h9-11,13-15,17H,4-8,22H2,1-3H3,(H2,23,29)(H,24,25)(H,26,32)(H,27,31)(H,28,30)(H,33,34). The summed E-state index contributed by atoms with van der Waals surface area (Å²) in [5.74, 6) is -3.80. The van der Waals surface area contributed by atoms with E-state index in [2.05, 4.69) is 25.9 Å². The van der Waals surface area contributed by atoms with Crippen LogP contribution in [0.25, 0.3) is 0 Å². The van der Waals surface area contributed by atoms with E-state index in [4.69, 9.17) is 11.5 Å². The van der Waals surface area contributed by atoms with Crippen molar-refractivity contribution in [3.05, 3.63) is 18.2 Å². The van der Waals surface area contributed by atoms with Crippen molar-refractivity contribution in [2.75, 3.05) is 12.0 Å². The number of aromatic nitrogens is 2. The summed E-state index contributed by atoms with van der Waals surface area (Å²) in [7, 11) is 0. The number of thioether (sulfide) groups is 1. The fourth-order valence-electron chi connectivity index (χ4n) is 3.10. The highest BCUT2D eigenvalue weighted by molar-refractivity contribution is 7.98. The maximum absolute atomic E-state index is 13.0. The minimum Gasteiger partial charge on any atom is -0.480 e. The molecule has 9 N–H and O–H groups in total. The molecule has 1 rings (SSSR count). The second-order valence-electron chi connectivity index (χ2n) is 8.36. The Morgan fingerprint density at radius 1 is 1.06 bits per heavy atom. The average molecular weight is 514 g/mol. The van der Waals surface area contributed by atoms with Crippen molar-refractivity contribution >= 4 is 41.4 Å². The molecule has 0 aliphatic carbocycles. The van der Waals surface area contributed by atoms with Crippen LogP contribution in [0.4, 0.5) is 0 Å². The molecular weight excluding hydrogens is 478 g/mol. The molecule has 0 saturated carbocycles. The largest absolute Gasteiger partial charge is 0.480 e. The van der Waals surface area contributed by atoms with Crippen LogP contribution in [0.3, 0.4) is 0 Å². The summed E-state index contributed by atoms with van der Waals surface area (Å²) >= 11 is 1.42. The summed E-state index contributed by atoms with van der Waals surface area (Å²) in [6.07, 6.45) is 4.79. The van der Waals surface area contributed by atoms with Crippen molar-refractivity contribution in [3.8, 4) is 0 Å². The van der Waals surface area contributed by atoms with E-state index in [1.165, 1.54) is 24.3 Å². The molecule has 196 valence electrons. The van der Waals surface area contributed by atoms with Crippen LogP contribution in [-0.4, -0.2) is 80.8 Å². The van der Waals surface area contributed by atoms with Gasteiger partial charge in [-0.1, -0.05) is 13.8 Å². The smallest absolute Gasteiger partial charge is 0.326 e. The van der Waals surface area contributed by atoms with Crippen LogP contribution >= 0.6 is 11.8 Å². The first kappa shape index (κ1) is 29.9. The molecule has 0 aliphatic heterocycles. The monoisotopic (exact) mass is 513 g/mol. The van der Waals surface area contributed by atoms with E-state index in [0.29, 0.717) is 11.4 Å². The van der Waals surface area contributed by atoms with Crippen molar-refractivity contribution in [1.82, 2.24) is 25.9 Å². The number of carboxylic acids is 1. The maximum atomic E-state index is 13.0. The van der Waals surface area contributed by atoms with Gasteiger partial charge < -0.3 is 37.5 Å². The number of rotatable bonds is 16. The number of hydrogen-bond donors (Lipinski definition) is 7. The Labute approximate surface area is 207 Å². The van der Waals surface area contributed by atoms with Gasteiger partial charge in [-0.3, -0.25) is 19.2 Å². The molecule has 35 heavy (non-hydrogen) atoms. The highest BCUT2D eigenvalue weighted by atomic mass is 32.2. The van der Waals surface area contributed by atoms with Gasteiger partial charge in [0.2, 0.25) is 23.6 Å². The predicted molar refractivity (Wildman–Crippen MR) is 130 cm³/mol. The van der Waals surface area contributed by atoms with Crippen molar-refractivity contribution in [3.63, 3.8) is 0 Å². The highest BCUT2D eigenvalue weighted by Gasteiger charge is 2.31. The first-order valence-electron chi connectivity index (χ1n) is 11.1. The fourth-order valence-corrected chi connectivity index (χ4v) is 3.57. The van der Waals surface area contributed by atoms with E-state index < -0.39 is 53.8 Å². The number of aliphatic carboxylic acids is 1. The Balaban J connectivity index is 2.91. The third-order valence-corrected chi connectivity index (χ3v) is 5.76. The van der Waals surface area contributed by atoms with Crippen LogP contribution < -0.4 is 27.4 Å². The number of aromatic amines is 1. The quantitative estimate of drug-likeness (QED) is 0.136. The second kappa shape index (κ2) is 15.0. The number of imidazole rings is 1. The Bertz CT molecular complexity index is 864. The van der Waals surface area contributed by atoms with Crippen LogP contribution in [0.2, 0.25) is 0 Å². The van der Waals surface area contributed by atoms with Gasteiger partial charge in [0.05, 0.1) is 12.4 Å². The molecule has 4 unspecified atom stereocenters. The molecule has 0 radical (unpaired) electrons. The SMILES string of the molecule is CSCCC(NC(=O)C(CCC(N)=O)NC(=O)C(NC(=O)C(N)Cc1cnc[nH]1)C(C)C)C(=O)O. The molecule has 0 bridgehead atoms. The molecule has 14 heteroatoms. The van der Waals surface area contributed by atoms with Crippen molar-refractivity contribution < 1.29 is 29.1 Å². The summed E-state index contributed by atoms with van der Waals surface area (Å²) in [5.41, 5.74) is 11.8. The molecule has 1 heterocycles. The van der Waals surface area contributed by atoms with E-state index in [1.54, 1.807) is 20.1 Å². The molecule has 0 saturated heterocycles. The number of nitrogens with one attached hydrogen (secondary N) is 4. The van der Waals surface area contributed by atoms with Gasteiger partial charge in [-0.2, -0.15) is 11.8 Å². The van der Waals surface area contributed by atoms with Crippen molar-refractivity contribution in [2.24, 2.45) is 17.4 Å². The number of amides is 4. The summed E-state index contributed by atoms with van der Waals surface area (Å²) in [6, 6.07) is -4.39.